The highest BCUT2D eigenvalue weighted by molar-refractivity contribution is 7.12. The number of thiophene rings is 1. The van der Waals surface area contributed by atoms with E-state index < -0.39 is 11.4 Å². The summed E-state index contributed by atoms with van der Waals surface area (Å²) >= 11 is 1.83. The molecule has 0 spiro atoms. The highest BCUT2D eigenvalue weighted by Gasteiger charge is 2.40. The van der Waals surface area contributed by atoms with Crippen molar-refractivity contribution in [2.75, 3.05) is 13.1 Å². The van der Waals surface area contributed by atoms with Crippen molar-refractivity contribution in [2.24, 2.45) is 5.41 Å². The Morgan fingerprint density at radius 2 is 2.26 bits per heavy atom. The van der Waals surface area contributed by atoms with Crippen LogP contribution in [0.4, 0.5) is 0 Å². The van der Waals surface area contributed by atoms with Gasteiger partial charge in [-0.3, -0.25) is 9.69 Å². The van der Waals surface area contributed by atoms with Gasteiger partial charge in [-0.15, -0.1) is 11.3 Å². The van der Waals surface area contributed by atoms with Gasteiger partial charge in [0.05, 0.1) is 5.41 Å². The first-order valence-corrected chi connectivity index (χ1v) is 7.80. The summed E-state index contributed by atoms with van der Waals surface area (Å²) in [6.07, 6.45) is 2.53. The van der Waals surface area contributed by atoms with E-state index in [0.29, 0.717) is 6.54 Å². The summed E-state index contributed by atoms with van der Waals surface area (Å²) in [5.41, 5.74) is 0.830. The summed E-state index contributed by atoms with van der Waals surface area (Å²) in [4.78, 5) is 16.6. The third-order valence-corrected chi connectivity index (χ3v) is 5.33. The number of carbonyl (C=O) groups is 1. The number of aliphatic carboxylic acids is 1. The van der Waals surface area contributed by atoms with Crippen molar-refractivity contribution >= 4 is 17.3 Å². The third-order valence-electron chi connectivity index (χ3n) is 4.32. The molecule has 3 nitrogen and oxygen atoms in total. The Kier molecular flexibility index (Phi) is 4.31. The van der Waals surface area contributed by atoms with Crippen LogP contribution in [0.1, 0.15) is 41.5 Å². The molecule has 0 aliphatic carbocycles. The molecule has 0 saturated carbocycles. The van der Waals surface area contributed by atoms with Crippen LogP contribution in [0.2, 0.25) is 0 Å². The zero-order valence-electron chi connectivity index (χ0n) is 12.0. The minimum atomic E-state index is -0.627. The SMILES string of the molecule is CCC1(C(=O)O)CCCN(Cc2cc(C)sc2C)C1. The Labute approximate surface area is 119 Å². The Bertz CT molecular complexity index is 469. The topological polar surface area (TPSA) is 40.5 Å². The maximum Gasteiger partial charge on any atom is 0.310 e. The van der Waals surface area contributed by atoms with E-state index in [1.165, 1.54) is 15.3 Å². The van der Waals surface area contributed by atoms with Crippen molar-refractivity contribution in [3.63, 3.8) is 0 Å². The zero-order chi connectivity index (χ0) is 14.0. The van der Waals surface area contributed by atoms with Gasteiger partial charge in [0.2, 0.25) is 0 Å². The Hall–Kier alpha value is -0.870. The summed E-state index contributed by atoms with van der Waals surface area (Å²) in [5, 5.41) is 9.51. The molecule has 4 heteroatoms. The summed E-state index contributed by atoms with van der Waals surface area (Å²) in [6.45, 7) is 8.88. The zero-order valence-corrected chi connectivity index (χ0v) is 12.8. The van der Waals surface area contributed by atoms with Crippen molar-refractivity contribution in [1.29, 1.82) is 0 Å². The summed E-state index contributed by atoms with van der Waals surface area (Å²) < 4.78 is 0. The molecule has 19 heavy (non-hydrogen) atoms. The lowest BCUT2D eigenvalue weighted by molar-refractivity contribution is -0.153. The molecule has 1 N–H and O–H groups in total. The van der Waals surface area contributed by atoms with E-state index in [1.54, 1.807) is 0 Å². The predicted octanol–water partition coefficient (Wildman–Crippen LogP) is 3.44. The molecule has 1 fully saturated rings. The maximum absolute atomic E-state index is 11.6. The average Bonchev–Trinajstić information content (AvgIpc) is 2.67. The van der Waals surface area contributed by atoms with Gasteiger partial charge in [-0.25, -0.2) is 0 Å². The van der Waals surface area contributed by atoms with Crippen LogP contribution >= 0.6 is 11.3 Å². The number of carboxylic acid groups (broad SMARTS) is 1. The Morgan fingerprint density at radius 3 is 2.79 bits per heavy atom. The number of hydrogen-bond acceptors (Lipinski definition) is 3. The molecule has 1 saturated heterocycles. The number of piperidine rings is 1. The number of carboxylic acids is 1. The molecule has 1 aliphatic heterocycles. The Morgan fingerprint density at radius 1 is 1.53 bits per heavy atom. The highest BCUT2D eigenvalue weighted by atomic mass is 32.1. The van der Waals surface area contributed by atoms with Crippen molar-refractivity contribution in [3.8, 4) is 0 Å². The normalized spacial score (nSPS) is 24.6. The van der Waals surface area contributed by atoms with Crippen LogP contribution in [-0.2, 0) is 11.3 Å². The Balaban J connectivity index is 2.09. The minimum Gasteiger partial charge on any atom is -0.481 e. The van der Waals surface area contributed by atoms with Crippen molar-refractivity contribution in [2.45, 2.75) is 46.6 Å². The number of hydrogen-bond donors (Lipinski definition) is 1. The number of likely N-dealkylation sites (tertiary alicyclic amines) is 1. The van der Waals surface area contributed by atoms with Crippen molar-refractivity contribution in [3.05, 3.63) is 21.4 Å². The van der Waals surface area contributed by atoms with Gasteiger partial charge in [-0.05, 0) is 51.3 Å². The van der Waals surface area contributed by atoms with E-state index in [2.05, 4.69) is 24.8 Å². The predicted molar refractivity (Wildman–Crippen MR) is 78.7 cm³/mol. The average molecular weight is 281 g/mol. The van der Waals surface area contributed by atoms with E-state index in [4.69, 9.17) is 0 Å². The van der Waals surface area contributed by atoms with Gasteiger partial charge in [0.1, 0.15) is 0 Å². The second-order valence-corrected chi connectivity index (χ2v) is 7.15. The van der Waals surface area contributed by atoms with Gasteiger partial charge in [0, 0.05) is 22.8 Å². The molecule has 1 aromatic rings. The molecule has 0 amide bonds. The van der Waals surface area contributed by atoms with Crippen LogP contribution in [0.3, 0.4) is 0 Å². The van der Waals surface area contributed by atoms with Crippen LogP contribution in [0.25, 0.3) is 0 Å². The summed E-state index contributed by atoms with van der Waals surface area (Å²) in [5.74, 6) is -0.627. The summed E-state index contributed by atoms with van der Waals surface area (Å²) in [6, 6.07) is 2.24. The van der Waals surface area contributed by atoms with Crippen molar-refractivity contribution in [1.82, 2.24) is 4.90 Å². The number of rotatable bonds is 4. The van der Waals surface area contributed by atoms with Crippen LogP contribution in [-0.4, -0.2) is 29.1 Å². The monoisotopic (exact) mass is 281 g/mol. The fourth-order valence-electron chi connectivity index (χ4n) is 3.06. The quantitative estimate of drug-likeness (QED) is 0.919. The largest absolute Gasteiger partial charge is 0.481 e. The third kappa shape index (κ3) is 3.00. The molecule has 1 atom stereocenters. The summed E-state index contributed by atoms with van der Waals surface area (Å²) in [7, 11) is 0. The maximum atomic E-state index is 11.6. The number of aryl methyl sites for hydroxylation is 2. The minimum absolute atomic E-state index is 0.531. The molecule has 1 aliphatic rings. The van der Waals surface area contributed by atoms with Gasteiger partial charge in [-0.2, -0.15) is 0 Å². The van der Waals surface area contributed by atoms with Gasteiger partial charge in [0.15, 0.2) is 0 Å². The van der Waals surface area contributed by atoms with Gasteiger partial charge >= 0.3 is 5.97 Å². The van der Waals surface area contributed by atoms with E-state index in [1.807, 2.05) is 18.3 Å². The van der Waals surface area contributed by atoms with Crippen LogP contribution in [0.15, 0.2) is 6.07 Å². The molecular weight excluding hydrogens is 258 g/mol. The van der Waals surface area contributed by atoms with E-state index in [-0.39, 0.29) is 0 Å². The lowest BCUT2D eigenvalue weighted by Gasteiger charge is -2.39. The first-order valence-electron chi connectivity index (χ1n) is 6.98. The van der Waals surface area contributed by atoms with E-state index in [9.17, 15) is 9.90 Å². The van der Waals surface area contributed by atoms with Gasteiger partial charge < -0.3 is 5.11 Å². The van der Waals surface area contributed by atoms with E-state index in [0.717, 1.165) is 32.4 Å². The molecule has 0 radical (unpaired) electrons. The lowest BCUT2D eigenvalue weighted by atomic mass is 9.77. The first-order chi connectivity index (χ1) is 8.97. The standard InChI is InChI=1S/C15H23NO2S/c1-4-15(14(17)18)6-5-7-16(10-15)9-13-8-11(2)19-12(13)3/h8H,4-7,9-10H2,1-3H3,(H,17,18). The molecule has 0 bridgehead atoms. The lowest BCUT2D eigenvalue weighted by Crippen LogP contribution is -2.47. The van der Waals surface area contributed by atoms with Crippen LogP contribution in [0, 0.1) is 19.3 Å². The van der Waals surface area contributed by atoms with Crippen LogP contribution in [0.5, 0.6) is 0 Å². The molecular formula is C15H23NO2S. The van der Waals surface area contributed by atoms with Crippen LogP contribution < -0.4 is 0 Å². The number of nitrogens with zero attached hydrogens (tertiary/aromatic N) is 1. The first kappa shape index (κ1) is 14.5. The van der Waals surface area contributed by atoms with E-state index >= 15 is 0 Å². The second-order valence-electron chi connectivity index (χ2n) is 5.69. The van der Waals surface area contributed by atoms with Gasteiger partial charge in [0.25, 0.3) is 0 Å². The van der Waals surface area contributed by atoms with Gasteiger partial charge in [-0.1, -0.05) is 6.92 Å². The second kappa shape index (κ2) is 5.63. The molecule has 2 rings (SSSR count). The molecule has 1 unspecified atom stereocenters. The molecule has 2 heterocycles. The smallest absolute Gasteiger partial charge is 0.310 e. The van der Waals surface area contributed by atoms with Crippen molar-refractivity contribution < 1.29 is 9.90 Å². The molecule has 0 aromatic carbocycles. The molecule has 1 aromatic heterocycles. The molecule has 106 valence electrons. The fourth-order valence-corrected chi connectivity index (χ4v) is 4.00. The fraction of sp³-hybridized carbons (Fsp3) is 0.667. The highest BCUT2D eigenvalue weighted by Crippen LogP contribution is 2.35.